The van der Waals surface area contributed by atoms with Gasteiger partial charge in [-0.05, 0) is 37.2 Å². The number of hydrogen-bond donors (Lipinski definition) is 2. The van der Waals surface area contributed by atoms with Gasteiger partial charge in [-0.3, -0.25) is 0 Å². The molecule has 0 spiro atoms. The largest absolute Gasteiger partial charge is 0.495 e. The van der Waals surface area contributed by atoms with Crippen LogP contribution in [-0.2, 0) is 6.54 Å². The summed E-state index contributed by atoms with van der Waals surface area (Å²) in [5.74, 6) is 0.626. The SMILES string of the molecule is COc1cc(CNCCCN)ccc1C#N. The molecule has 0 saturated heterocycles. The van der Waals surface area contributed by atoms with Gasteiger partial charge in [0, 0.05) is 6.54 Å². The van der Waals surface area contributed by atoms with Crippen LogP contribution in [0, 0.1) is 11.3 Å². The molecule has 0 unspecified atom stereocenters. The van der Waals surface area contributed by atoms with Gasteiger partial charge in [0.1, 0.15) is 11.8 Å². The molecule has 0 atom stereocenters. The molecule has 0 bridgehead atoms. The average molecular weight is 219 g/mol. The molecule has 4 nitrogen and oxygen atoms in total. The van der Waals surface area contributed by atoms with Gasteiger partial charge in [-0.1, -0.05) is 6.07 Å². The van der Waals surface area contributed by atoms with Crippen molar-refractivity contribution >= 4 is 0 Å². The number of nitrogens with one attached hydrogen (secondary N) is 1. The van der Waals surface area contributed by atoms with Crippen molar-refractivity contribution in [2.75, 3.05) is 20.2 Å². The molecule has 0 radical (unpaired) electrons. The molecule has 1 aromatic carbocycles. The van der Waals surface area contributed by atoms with Crippen LogP contribution in [0.1, 0.15) is 17.5 Å². The third-order valence-corrected chi connectivity index (χ3v) is 2.27. The first-order chi connectivity index (χ1) is 7.81. The first-order valence-corrected chi connectivity index (χ1v) is 5.29. The lowest BCUT2D eigenvalue weighted by Crippen LogP contribution is -2.17. The molecule has 86 valence electrons. The van der Waals surface area contributed by atoms with Gasteiger partial charge in [0.2, 0.25) is 0 Å². The number of methoxy groups -OCH3 is 1. The Morgan fingerprint density at radius 1 is 1.50 bits per heavy atom. The van der Waals surface area contributed by atoms with Gasteiger partial charge < -0.3 is 15.8 Å². The molecule has 0 aliphatic heterocycles. The van der Waals surface area contributed by atoms with Crippen LogP contribution in [0.4, 0.5) is 0 Å². The van der Waals surface area contributed by atoms with Crippen molar-refractivity contribution in [3.05, 3.63) is 29.3 Å². The van der Waals surface area contributed by atoms with Crippen LogP contribution in [0.5, 0.6) is 5.75 Å². The summed E-state index contributed by atoms with van der Waals surface area (Å²) in [5.41, 5.74) is 7.06. The number of nitriles is 1. The Bertz CT molecular complexity index is 371. The van der Waals surface area contributed by atoms with E-state index in [0.717, 1.165) is 25.1 Å². The molecule has 0 amide bonds. The van der Waals surface area contributed by atoms with E-state index in [1.54, 1.807) is 13.2 Å². The van der Waals surface area contributed by atoms with E-state index in [1.165, 1.54) is 0 Å². The fraction of sp³-hybridized carbons (Fsp3) is 0.417. The molecule has 0 heterocycles. The highest BCUT2D eigenvalue weighted by molar-refractivity contribution is 5.45. The van der Waals surface area contributed by atoms with Gasteiger partial charge >= 0.3 is 0 Å². The van der Waals surface area contributed by atoms with Crippen molar-refractivity contribution in [2.45, 2.75) is 13.0 Å². The normalized spacial score (nSPS) is 9.81. The Hall–Kier alpha value is -1.57. The Kier molecular flexibility index (Phi) is 5.34. The van der Waals surface area contributed by atoms with E-state index >= 15 is 0 Å². The zero-order valence-electron chi connectivity index (χ0n) is 9.49. The van der Waals surface area contributed by atoms with E-state index in [2.05, 4.69) is 11.4 Å². The lowest BCUT2D eigenvalue weighted by Gasteiger charge is -2.07. The topological polar surface area (TPSA) is 71.1 Å². The zero-order valence-corrected chi connectivity index (χ0v) is 9.49. The lowest BCUT2D eigenvalue weighted by atomic mass is 10.1. The molecule has 4 heteroatoms. The van der Waals surface area contributed by atoms with Crippen molar-refractivity contribution in [3.63, 3.8) is 0 Å². The second-order valence-corrected chi connectivity index (χ2v) is 3.47. The molecule has 0 saturated carbocycles. The number of ether oxygens (including phenoxy) is 1. The van der Waals surface area contributed by atoms with Crippen molar-refractivity contribution < 1.29 is 4.74 Å². The number of nitrogens with two attached hydrogens (primary N) is 1. The van der Waals surface area contributed by atoms with E-state index in [-0.39, 0.29) is 0 Å². The summed E-state index contributed by atoms with van der Waals surface area (Å²) < 4.78 is 5.13. The molecule has 1 aromatic rings. The van der Waals surface area contributed by atoms with E-state index < -0.39 is 0 Å². The Labute approximate surface area is 96.0 Å². The molecule has 16 heavy (non-hydrogen) atoms. The standard InChI is InChI=1S/C12H17N3O/c1-16-12-7-10(3-4-11(12)8-14)9-15-6-2-5-13/h3-4,7,15H,2,5-6,9,13H2,1H3. The van der Waals surface area contributed by atoms with Crippen LogP contribution < -0.4 is 15.8 Å². The van der Waals surface area contributed by atoms with E-state index in [9.17, 15) is 0 Å². The van der Waals surface area contributed by atoms with Gasteiger partial charge in [0.05, 0.1) is 12.7 Å². The highest BCUT2D eigenvalue weighted by Gasteiger charge is 2.02. The maximum absolute atomic E-state index is 8.83. The quantitative estimate of drug-likeness (QED) is 0.700. The minimum Gasteiger partial charge on any atom is -0.495 e. The maximum atomic E-state index is 8.83. The summed E-state index contributed by atoms with van der Waals surface area (Å²) in [6.07, 6.45) is 0.966. The summed E-state index contributed by atoms with van der Waals surface area (Å²) in [7, 11) is 1.57. The Morgan fingerprint density at radius 2 is 2.31 bits per heavy atom. The van der Waals surface area contributed by atoms with Gasteiger partial charge in [-0.25, -0.2) is 0 Å². The number of nitrogens with zero attached hydrogens (tertiary/aromatic N) is 1. The summed E-state index contributed by atoms with van der Waals surface area (Å²) in [6.45, 7) is 2.37. The fourth-order valence-corrected chi connectivity index (χ4v) is 1.40. The monoisotopic (exact) mass is 219 g/mol. The molecule has 0 aromatic heterocycles. The molecular formula is C12H17N3O. The Balaban J connectivity index is 2.58. The van der Waals surface area contributed by atoms with Crippen LogP contribution in [0.25, 0.3) is 0 Å². The second kappa shape index (κ2) is 6.83. The van der Waals surface area contributed by atoms with Crippen molar-refractivity contribution in [3.8, 4) is 11.8 Å². The zero-order chi connectivity index (χ0) is 11.8. The fourth-order valence-electron chi connectivity index (χ4n) is 1.40. The molecular weight excluding hydrogens is 202 g/mol. The van der Waals surface area contributed by atoms with Gasteiger partial charge in [-0.15, -0.1) is 0 Å². The molecule has 0 aliphatic carbocycles. The average Bonchev–Trinajstić information content (AvgIpc) is 2.34. The predicted octanol–water partition coefficient (Wildman–Crippen LogP) is 1.01. The summed E-state index contributed by atoms with van der Waals surface area (Å²) >= 11 is 0. The van der Waals surface area contributed by atoms with Crippen LogP contribution >= 0.6 is 0 Å². The summed E-state index contributed by atoms with van der Waals surface area (Å²) in [5, 5.41) is 12.1. The lowest BCUT2D eigenvalue weighted by molar-refractivity contribution is 0.412. The van der Waals surface area contributed by atoms with Gasteiger partial charge in [-0.2, -0.15) is 5.26 Å². The van der Waals surface area contributed by atoms with Crippen LogP contribution in [-0.4, -0.2) is 20.2 Å². The van der Waals surface area contributed by atoms with Crippen molar-refractivity contribution in [1.29, 1.82) is 5.26 Å². The molecule has 0 aliphatic rings. The van der Waals surface area contributed by atoms with Crippen molar-refractivity contribution in [1.82, 2.24) is 5.32 Å². The first kappa shape index (κ1) is 12.5. The molecule has 1 rings (SSSR count). The number of rotatable bonds is 6. The van der Waals surface area contributed by atoms with Gasteiger partial charge in [0.25, 0.3) is 0 Å². The second-order valence-electron chi connectivity index (χ2n) is 3.47. The third kappa shape index (κ3) is 3.54. The Morgan fingerprint density at radius 3 is 2.94 bits per heavy atom. The van der Waals surface area contributed by atoms with E-state index in [4.69, 9.17) is 15.7 Å². The van der Waals surface area contributed by atoms with Crippen LogP contribution in [0.2, 0.25) is 0 Å². The van der Waals surface area contributed by atoms with Crippen LogP contribution in [0.15, 0.2) is 18.2 Å². The van der Waals surface area contributed by atoms with Crippen LogP contribution in [0.3, 0.4) is 0 Å². The van der Waals surface area contributed by atoms with E-state index in [0.29, 0.717) is 17.9 Å². The van der Waals surface area contributed by atoms with Crippen molar-refractivity contribution in [2.24, 2.45) is 5.73 Å². The maximum Gasteiger partial charge on any atom is 0.136 e. The summed E-state index contributed by atoms with van der Waals surface area (Å²) in [4.78, 5) is 0. The van der Waals surface area contributed by atoms with E-state index in [1.807, 2.05) is 12.1 Å². The highest BCUT2D eigenvalue weighted by Crippen LogP contribution is 2.18. The third-order valence-electron chi connectivity index (χ3n) is 2.27. The minimum absolute atomic E-state index is 0.563. The smallest absolute Gasteiger partial charge is 0.136 e. The number of hydrogen-bond acceptors (Lipinski definition) is 4. The molecule has 3 N–H and O–H groups in total. The minimum atomic E-state index is 0.563. The summed E-state index contributed by atoms with van der Waals surface area (Å²) in [6, 6.07) is 7.67. The first-order valence-electron chi connectivity index (χ1n) is 5.29. The number of benzene rings is 1. The molecule has 0 fully saturated rings. The predicted molar refractivity (Wildman–Crippen MR) is 63.1 cm³/mol. The highest BCUT2D eigenvalue weighted by atomic mass is 16.5. The van der Waals surface area contributed by atoms with Gasteiger partial charge in [0.15, 0.2) is 0 Å².